The number of aromatic nitrogens is 2. The molecule has 164 valence electrons. The molecule has 0 atom stereocenters. The smallest absolute Gasteiger partial charge is 0.410 e. The standard InChI is InChI=1S/C21H30N6O2.HI/c1-21(2,3)29-20(28)27-12-10-26(11-13-27)19(22)24-14-17-4-6-18(7-5-17)15-25-9-8-23-16-25;/h4-9,16H,10-15H2,1-3H3,(H2,22,24);1H. The normalized spacial score (nSPS) is 15.0. The predicted molar refractivity (Wildman–Crippen MR) is 128 cm³/mol. The lowest BCUT2D eigenvalue weighted by Gasteiger charge is -2.36. The molecule has 1 fully saturated rings. The number of carbonyl (C=O) groups excluding carboxylic acids is 1. The molecule has 1 amide bonds. The van der Waals surface area contributed by atoms with Gasteiger partial charge in [-0.05, 0) is 31.9 Å². The van der Waals surface area contributed by atoms with E-state index in [0.29, 0.717) is 38.7 Å². The lowest BCUT2D eigenvalue weighted by Crippen LogP contribution is -2.53. The Morgan fingerprint density at radius 2 is 1.70 bits per heavy atom. The molecular formula is C21H31IN6O2. The first kappa shape index (κ1) is 24.0. The Bertz CT molecular complexity index is 822. The van der Waals surface area contributed by atoms with Crippen LogP contribution in [0.2, 0.25) is 0 Å². The van der Waals surface area contributed by atoms with E-state index in [1.54, 1.807) is 11.1 Å². The van der Waals surface area contributed by atoms with E-state index >= 15 is 0 Å². The SMILES string of the molecule is CC(C)(C)OC(=O)N1CCN(C(N)=NCc2ccc(Cn3ccnc3)cc2)CC1.I. The number of benzene rings is 1. The average molecular weight is 526 g/mol. The van der Waals surface area contributed by atoms with Crippen LogP contribution in [0.3, 0.4) is 0 Å². The van der Waals surface area contributed by atoms with Gasteiger partial charge in [0.1, 0.15) is 5.60 Å². The van der Waals surface area contributed by atoms with Crippen molar-refractivity contribution in [1.82, 2.24) is 19.4 Å². The fourth-order valence-electron chi connectivity index (χ4n) is 3.06. The van der Waals surface area contributed by atoms with E-state index in [4.69, 9.17) is 10.5 Å². The Kier molecular flexibility index (Phi) is 8.51. The van der Waals surface area contributed by atoms with Crippen molar-refractivity contribution in [2.75, 3.05) is 26.2 Å². The number of nitrogens with zero attached hydrogens (tertiary/aromatic N) is 5. The van der Waals surface area contributed by atoms with Gasteiger partial charge in [0, 0.05) is 45.1 Å². The highest BCUT2D eigenvalue weighted by Gasteiger charge is 2.26. The molecule has 0 aliphatic carbocycles. The summed E-state index contributed by atoms with van der Waals surface area (Å²) in [6.07, 6.45) is 5.26. The van der Waals surface area contributed by atoms with Crippen molar-refractivity contribution in [3.63, 3.8) is 0 Å². The number of hydrogen-bond acceptors (Lipinski definition) is 4. The molecule has 1 aliphatic rings. The Morgan fingerprint density at radius 1 is 1.10 bits per heavy atom. The van der Waals surface area contributed by atoms with Crippen LogP contribution in [0, 0.1) is 0 Å². The molecule has 0 spiro atoms. The molecule has 0 bridgehead atoms. The summed E-state index contributed by atoms with van der Waals surface area (Å²) in [7, 11) is 0. The molecule has 30 heavy (non-hydrogen) atoms. The fraction of sp³-hybridized carbons (Fsp3) is 0.476. The first-order chi connectivity index (χ1) is 13.8. The lowest BCUT2D eigenvalue weighted by atomic mass is 10.1. The van der Waals surface area contributed by atoms with Gasteiger partial charge in [0.2, 0.25) is 0 Å². The minimum Gasteiger partial charge on any atom is -0.444 e. The molecular weight excluding hydrogens is 495 g/mol. The number of guanidine groups is 1. The fourth-order valence-corrected chi connectivity index (χ4v) is 3.06. The number of imidazole rings is 1. The Morgan fingerprint density at radius 3 is 2.27 bits per heavy atom. The number of carbonyl (C=O) groups is 1. The average Bonchev–Trinajstić information content (AvgIpc) is 3.19. The van der Waals surface area contributed by atoms with Crippen LogP contribution in [0.4, 0.5) is 4.79 Å². The molecule has 2 heterocycles. The van der Waals surface area contributed by atoms with E-state index in [-0.39, 0.29) is 30.1 Å². The molecule has 3 rings (SSSR count). The summed E-state index contributed by atoms with van der Waals surface area (Å²) in [6.45, 7) is 9.40. The molecule has 0 unspecified atom stereocenters. The summed E-state index contributed by atoms with van der Waals surface area (Å²) in [6, 6.07) is 8.34. The first-order valence-corrected chi connectivity index (χ1v) is 9.86. The number of hydrogen-bond donors (Lipinski definition) is 1. The summed E-state index contributed by atoms with van der Waals surface area (Å²) >= 11 is 0. The maximum Gasteiger partial charge on any atom is 0.410 e. The van der Waals surface area contributed by atoms with Gasteiger partial charge in [0.15, 0.2) is 5.96 Å². The number of rotatable bonds is 4. The molecule has 0 saturated carbocycles. The van der Waals surface area contributed by atoms with Gasteiger partial charge in [-0.25, -0.2) is 14.8 Å². The van der Waals surface area contributed by atoms with Gasteiger partial charge in [0.25, 0.3) is 0 Å². The van der Waals surface area contributed by atoms with Crippen molar-refractivity contribution in [3.05, 3.63) is 54.1 Å². The van der Waals surface area contributed by atoms with Crippen LogP contribution >= 0.6 is 24.0 Å². The van der Waals surface area contributed by atoms with Gasteiger partial charge in [-0.1, -0.05) is 24.3 Å². The highest BCUT2D eigenvalue weighted by atomic mass is 127. The van der Waals surface area contributed by atoms with E-state index in [2.05, 4.69) is 34.2 Å². The van der Waals surface area contributed by atoms with Crippen LogP contribution in [0.15, 0.2) is 48.0 Å². The van der Waals surface area contributed by atoms with Gasteiger partial charge in [-0.15, -0.1) is 24.0 Å². The summed E-state index contributed by atoms with van der Waals surface area (Å²) < 4.78 is 7.45. The minimum atomic E-state index is -0.483. The molecule has 1 saturated heterocycles. The van der Waals surface area contributed by atoms with Crippen LogP contribution < -0.4 is 5.73 Å². The van der Waals surface area contributed by atoms with Crippen molar-refractivity contribution in [3.8, 4) is 0 Å². The molecule has 0 radical (unpaired) electrons. The zero-order chi connectivity index (χ0) is 20.9. The Labute approximate surface area is 195 Å². The zero-order valence-corrected chi connectivity index (χ0v) is 20.2. The van der Waals surface area contributed by atoms with E-state index < -0.39 is 5.60 Å². The lowest BCUT2D eigenvalue weighted by molar-refractivity contribution is 0.0186. The van der Waals surface area contributed by atoms with Crippen LogP contribution in [0.5, 0.6) is 0 Å². The van der Waals surface area contributed by atoms with E-state index in [1.165, 1.54) is 5.56 Å². The molecule has 2 N–H and O–H groups in total. The Balaban J connectivity index is 0.00000320. The molecule has 1 aliphatic heterocycles. The van der Waals surface area contributed by atoms with Crippen molar-refractivity contribution >= 4 is 36.0 Å². The van der Waals surface area contributed by atoms with Crippen molar-refractivity contribution < 1.29 is 9.53 Å². The second-order valence-corrected chi connectivity index (χ2v) is 8.18. The molecule has 1 aromatic heterocycles. The van der Waals surface area contributed by atoms with Gasteiger partial charge in [-0.3, -0.25) is 0 Å². The van der Waals surface area contributed by atoms with Crippen LogP contribution in [-0.4, -0.2) is 63.2 Å². The van der Waals surface area contributed by atoms with E-state index in [9.17, 15) is 4.79 Å². The molecule has 1 aromatic carbocycles. The summed E-state index contributed by atoms with van der Waals surface area (Å²) in [5, 5.41) is 0. The summed E-state index contributed by atoms with van der Waals surface area (Å²) in [5.41, 5.74) is 8.00. The third kappa shape index (κ3) is 7.19. The molecule has 8 nitrogen and oxygen atoms in total. The second kappa shape index (κ2) is 10.6. The number of ether oxygens (including phenoxy) is 1. The van der Waals surface area contributed by atoms with E-state index in [0.717, 1.165) is 12.1 Å². The van der Waals surface area contributed by atoms with Crippen LogP contribution in [-0.2, 0) is 17.8 Å². The van der Waals surface area contributed by atoms with Crippen molar-refractivity contribution in [1.29, 1.82) is 0 Å². The van der Waals surface area contributed by atoms with Crippen LogP contribution in [0.25, 0.3) is 0 Å². The summed E-state index contributed by atoms with van der Waals surface area (Å²) in [4.78, 5) is 24.5. The zero-order valence-electron chi connectivity index (χ0n) is 17.8. The number of halogens is 1. The second-order valence-electron chi connectivity index (χ2n) is 8.18. The van der Waals surface area contributed by atoms with Crippen LogP contribution in [0.1, 0.15) is 31.9 Å². The number of amides is 1. The third-order valence-electron chi connectivity index (χ3n) is 4.63. The number of nitrogens with two attached hydrogens (primary N) is 1. The monoisotopic (exact) mass is 526 g/mol. The highest BCUT2D eigenvalue weighted by molar-refractivity contribution is 14.0. The topological polar surface area (TPSA) is 89.0 Å². The highest BCUT2D eigenvalue weighted by Crippen LogP contribution is 2.12. The quantitative estimate of drug-likeness (QED) is 0.376. The molecule has 9 heteroatoms. The minimum absolute atomic E-state index is 0. The maximum absolute atomic E-state index is 12.1. The van der Waals surface area contributed by atoms with Gasteiger partial charge in [0.05, 0.1) is 12.9 Å². The Hall–Kier alpha value is -2.30. The molecule has 2 aromatic rings. The third-order valence-corrected chi connectivity index (χ3v) is 4.63. The van der Waals surface area contributed by atoms with Crippen molar-refractivity contribution in [2.45, 2.75) is 39.5 Å². The van der Waals surface area contributed by atoms with E-state index in [1.807, 2.05) is 42.8 Å². The summed E-state index contributed by atoms with van der Waals surface area (Å²) in [5.74, 6) is 0.510. The predicted octanol–water partition coefficient (Wildman–Crippen LogP) is 2.92. The number of aliphatic imine (C=N–C) groups is 1. The maximum atomic E-state index is 12.1. The number of piperazine rings is 1. The van der Waals surface area contributed by atoms with Gasteiger partial charge in [-0.2, -0.15) is 0 Å². The van der Waals surface area contributed by atoms with Crippen molar-refractivity contribution in [2.24, 2.45) is 10.7 Å². The largest absolute Gasteiger partial charge is 0.444 e. The van der Waals surface area contributed by atoms with Gasteiger partial charge >= 0.3 is 6.09 Å². The first-order valence-electron chi connectivity index (χ1n) is 9.86. The van der Waals surface area contributed by atoms with Gasteiger partial charge < -0.3 is 24.8 Å².